The second-order valence-corrected chi connectivity index (χ2v) is 2.75. The lowest BCUT2D eigenvalue weighted by molar-refractivity contribution is -0.124. The minimum absolute atomic E-state index is 0.0919. The highest BCUT2D eigenvalue weighted by atomic mass is 16.6. The van der Waals surface area contributed by atoms with Gasteiger partial charge in [0.25, 0.3) is 0 Å². The standard InChI is InChI=1S/C7H12N2O3/c1-4(6(10)8-2)5-3-12-7(11)9-5/h4-5H,3H2,1-2H3,(H,8,10)(H,9,11). The molecule has 0 aliphatic carbocycles. The SMILES string of the molecule is CNC(=O)C(C)C1COC(=O)N1. The number of rotatable bonds is 2. The molecule has 2 atom stereocenters. The quantitative estimate of drug-likeness (QED) is 0.588. The third kappa shape index (κ3) is 1.66. The van der Waals surface area contributed by atoms with E-state index in [0.29, 0.717) is 0 Å². The van der Waals surface area contributed by atoms with E-state index in [1.54, 1.807) is 14.0 Å². The number of carbonyl (C=O) groups excluding carboxylic acids is 2. The number of hydrogen-bond donors (Lipinski definition) is 2. The van der Waals surface area contributed by atoms with Crippen molar-refractivity contribution in [1.29, 1.82) is 0 Å². The molecule has 1 heterocycles. The van der Waals surface area contributed by atoms with Gasteiger partial charge < -0.3 is 15.4 Å². The molecule has 1 saturated heterocycles. The minimum Gasteiger partial charge on any atom is -0.447 e. The summed E-state index contributed by atoms with van der Waals surface area (Å²) in [6, 6.07) is -0.197. The molecule has 68 valence electrons. The Morgan fingerprint density at radius 3 is 2.92 bits per heavy atom. The number of ether oxygens (including phenoxy) is 1. The smallest absolute Gasteiger partial charge is 0.407 e. The van der Waals surface area contributed by atoms with Crippen LogP contribution in [0.15, 0.2) is 0 Å². The Labute approximate surface area is 70.5 Å². The van der Waals surface area contributed by atoms with Gasteiger partial charge in [0.15, 0.2) is 0 Å². The van der Waals surface area contributed by atoms with Gasteiger partial charge in [-0.25, -0.2) is 4.79 Å². The highest BCUT2D eigenvalue weighted by Gasteiger charge is 2.30. The first-order valence-corrected chi connectivity index (χ1v) is 3.80. The van der Waals surface area contributed by atoms with Crippen LogP contribution in [0.3, 0.4) is 0 Å². The van der Waals surface area contributed by atoms with Crippen molar-refractivity contribution >= 4 is 12.0 Å². The Kier molecular flexibility index (Phi) is 2.52. The number of alkyl carbamates (subject to hydrolysis) is 1. The zero-order valence-electron chi connectivity index (χ0n) is 7.09. The summed E-state index contributed by atoms with van der Waals surface area (Å²) in [5, 5.41) is 5.06. The summed E-state index contributed by atoms with van der Waals surface area (Å²) in [5.74, 6) is -0.341. The van der Waals surface area contributed by atoms with Crippen LogP contribution in [-0.2, 0) is 9.53 Å². The number of cyclic esters (lactones) is 1. The Hall–Kier alpha value is -1.26. The molecule has 1 aliphatic rings. The number of amides is 2. The highest BCUT2D eigenvalue weighted by Crippen LogP contribution is 2.08. The summed E-state index contributed by atoms with van der Waals surface area (Å²) < 4.78 is 4.65. The van der Waals surface area contributed by atoms with Gasteiger partial charge in [-0.05, 0) is 0 Å². The molecule has 1 rings (SSSR count). The monoisotopic (exact) mass is 172 g/mol. The van der Waals surface area contributed by atoms with Gasteiger partial charge in [0.05, 0.1) is 12.0 Å². The fraction of sp³-hybridized carbons (Fsp3) is 0.714. The highest BCUT2D eigenvalue weighted by molar-refractivity contribution is 5.80. The van der Waals surface area contributed by atoms with Gasteiger partial charge in [0.2, 0.25) is 5.91 Å². The van der Waals surface area contributed by atoms with Crippen LogP contribution in [0.2, 0.25) is 0 Å². The summed E-state index contributed by atoms with van der Waals surface area (Å²) >= 11 is 0. The number of nitrogens with one attached hydrogen (secondary N) is 2. The molecule has 2 unspecified atom stereocenters. The average Bonchev–Trinajstić information content (AvgIpc) is 2.49. The molecule has 5 heteroatoms. The molecule has 12 heavy (non-hydrogen) atoms. The molecule has 0 bridgehead atoms. The molecular formula is C7H12N2O3. The van der Waals surface area contributed by atoms with Crippen molar-refractivity contribution < 1.29 is 14.3 Å². The molecular weight excluding hydrogens is 160 g/mol. The zero-order chi connectivity index (χ0) is 9.14. The van der Waals surface area contributed by atoms with Crippen LogP contribution >= 0.6 is 0 Å². The van der Waals surface area contributed by atoms with Crippen molar-refractivity contribution in [2.75, 3.05) is 13.7 Å². The summed E-state index contributed by atoms with van der Waals surface area (Å²) in [5.41, 5.74) is 0. The van der Waals surface area contributed by atoms with Crippen molar-refractivity contribution in [3.63, 3.8) is 0 Å². The average molecular weight is 172 g/mol. The second kappa shape index (κ2) is 3.42. The van der Waals surface area contributed by atoms with Crippen LogP contribution in [-0.4, -0.2) is 31.7 Å². The van der Waals surface area contributed by atoms with Gasteiger partial charge in [-0.1, -0.05) is 6.92 Å². The van der Waals surface area contributed by atoms with Crippen molar-refractivity contribution in [3.05, 3.63) is 0 Å². The first kappa shape index (κ1) is 8.83. The maximum atomic E-state index is 11.1. The summed E-state index contributed by atoms with van der Waals surface area (Å²) in [4.78, 5) is 21.7. The van der Waals surface area contributed by atoms with Gasteiger partial charge in [-0.3, -0.25) is 4.79 Å². The van der Waals surface area contributed by atoms with Crippen molar-refractivity contribution in [3.8, 4) is 0 Å². The maximum absolute atomic E-state index is 11.1. The molecule has 2 amide bonds. The summed E-state index contributed by atoms with van der Waals surface area (Å²) in [6.45, 7) is 2.02. The van der Waals surface area contributed by atoms with Crippen LogP contribution in [0.1, 0.15) is 6.92 Å². The van der Waals surface area contributed by atoms with Crippen molar-refractivity contribution in [1.82, 2.24) is 10.6 Å². The molecule has 2 N–H and O–H groups in total. The van der Waals surface area contributed by atoms with E-state index in [-0.39, 0.29) is 24.5 Å². The van der Waals surface area contributed by atoms with E-state index < -0.39 is 6.09 Å². The third-order valence-electron chi connectivity index (χ3n) is 1.96. The predicted molar refractivity (Wildman–Crippen MR) is 41.5 cm³/mol. The summed E-state index contributed by atoms with van der Waals surface area (Å²) in [7, 11) is 1.57. The Morgan fingerprint density at radius 2 is 2.50 bits per heavy atom. The molecule has 0 radical (unpaired) electrons. The molecule has 1 aliphatic heterocycles. The molecule has 0 aromatic heterocycles. The number of hydrogen-bond acceptors (Lipinski definition) is 3. The first-order chi connectivity index (χ1) is 5.65. The third-order valence-corrected chi connectivity index (χ3v) is 1.96. The number of carbonyl (C=O) groups is 2. The Bertz CT molecular complexity index is 205. The van der Waals surface area contributed by atoms with Crippen LogP contribution in [0.25, 0.3) is 0 Å². The first-order valence-electron chi connectivity index (χ1n) is 3.80. The van der Waals surface area contributed by atoms with Gasteiger partial charge >= 0.3 is 6.09 Å². The molecule has 0 saturated carbocycles. The van der Waals surface area contributed by atoms with Gasteiger partial charge in [0, 0.05) is 7.05 Å². The summed E-state index contributed by atoms with van der Waals surface area (Å²) in [6.07, 6.45) is -0.448. The lowest BCUT2D eigenvalue weighted by Crippen LogP contribution is -2.41. The Morgan fingerprint density at radius 1 is 1.83 bits per heavy atom. The van der Waals surface area contributed by atoms with E-state index in [9.17, 15) is 9.59 Å². The van der Waals surface area contributed by atoms with E-state index in [1.807, 2.05) is 0 Å². The lowest BCUT2D eigenvalue weighted by Gasteiger charge is -2.14. The van der Waals surface area contributed by atoms with Crippen LogP contribution in [0, 0.1) is 5.92 Å². The second-order valence-electron chi connectivity index (χ2n) is 2.75. The molecule has 5 nitrogen and oxygen atoms in total. The van der Waals surface area contributed by atoms with Gasteiger partial charge in [-0.15, -0.1) is 0 Å². The topological polar surface area (TPSA) is 67.4 Å². The van der Waals surface area contributed by atoms with E-state index in [1.165, 1.54) is 0 Å². The fourth-order valence-corrected chi connectivity index (χ4v) is 1.08. The van der Waals surface area contributed by atoms with Crippen LogP contribution in [0.5, 0.6) is 0 Å². The van der Waals surface area contributed by atoms with Crippen LogP contribution < -0.4 is 10.6 Å². The van der Waals surface area contributed by atoms with Crippen molar-refractivity contribution in [2.24, 2.45) is 5.92 Å². The normalized spacial score (nSPS) is 24.2. The van der Waals surface area contributed by atoms with E-state index >= 15 is 0 Å². The molecule has 1 fully saturated rings. The largest absolute Gasteiger partial charge is 0.447 e. The van der Waals surface area contributed by atoms with Gasteiger partial charge in [0.1, 0.15) is 6.61 Å². The molecule has 0 aromatic carbocycles. The van der Waals surface area contributed by atoms with Crippen molar-refractivity contribution in [2.45, 2.75) is 13.0 Å². The van der Waals surface area contributed by atoms with E-state index in [2.05, 4.69) is 15.4 Å². The zero-order valence-corrected chi connectivity index (χ0v) is 7.09. The van der Waals surface area contributed by atoms with E-state index in [4.69, 9.17) is 0 Å². The Balaban J connectivity index is 2.48. The predicted octanol–water partition coefficient (Wildman–Crippen LogP) is -0.523. The minimum atomic E-state index is -0.448. The molecule has 0 aromatic rings. The van der Waals surface area contributed by atoms with E-state index in [0.717, 1.165) is 0 Å². The van der Waals surface area contributed by atoms with Crippen LogP contribution in [0.4, 0.5) is 4.79 Å². The lowest BCUT2D eigenvalue weighted by atomic mass is 10.0. The fourth-order valence-electron chi connectivity index (χ4n) is 1.08. The molecule has 0 spiro atoms. The van der Waals surface area contributed by atoms with Gasteiger partial charge in [-0.2, -0.15) is 0 Å². The maximum Gasteiger partial charge on any atom is 0.407 e.